The average molecular weight is 271 g/mol. The second kappa shape index (κ2) is 4.79. The monoisotopic (exact) mass is 270 g/mol. The minimum Gasteiger partial charge on any atom is -1.00 e. The van der Waals surface area contributed by atoms with Gasteiger partial charge in [-0.15, -0.1) is 0 Å². The molecule has 3 heteroatoms. The molecule has 0 aromatic carbocycles. The molecular formula is C15H25ClNO-. The van der Waals surface area contributed by atoms with E-state index in [2.05, 4.69) is 11.8 Å². The second-order valence-electron chi connectivity index (χ2n) is 7.20. The van der Waals surface area contributed by atoms with Crippen molar-refractivity contribution in [1.29, 1.82) is 0 Å². The molecule has 0 spiro atoms. The molecule has 2 nitrogen and oxygen atoms in total. The summed E-state index contributed by atoms with van der Waals surface area (Å²) in [5.41, 5.74) is 0.0818. The number of halogens is 1. The lowest BCUT2D eigenvalue weighted by atomic mass is 9.48. The molecule has 0 saturated heterocycles. The SMILES string of the molecule is CC(C(=O)C12CC3CC(CC(C3)C1)C2)N(C)C.[Cl-]. The van der Waals surface area contributed by atoms with E-state index in [1.165, 1.54) is 38.5 Å². The van der Waals surface area contributed by atoms with Crippen molar-refractivity contribution in [3.63, 3.8) is 0 Å². The van der Waals surface area contributed by atoms with Gasteiger partial charge in [-0.25, -0.2) is 0 Å². The maximum absolute atomic E-state index is 12.8. The van der Waals surface area contributed by atoms with Crippen molar-refractivity contribution in [2.24, 2.45) is 23.2 Å². The zero-order valence-electron chi connectivity index (χ0n) is 11.8. The summed E-state index contributed by atoms with van der Waals surface area (Å²) in [6.07, 6.45) is 7.87. The molecule has 4 bridgehead atoms. The van der Waals surface area contributed by atoms with E-state index in [1.54, 1.807) is 0 Å². The van der Waals surface area contributed by atoms with Gasteiger partial charge in [0.2, 0.25) is 0 Å². The Morgan fingerprint density at radius 1 is 1.06 bits per heavy atom. The Hall–Kier alpha value is -0.0800. The van der Waals surface area contributed by atoms with Gasteiger partial charge in [0, 0.05) is 5.41 Å². The number of hydrogen-bond donors (Lipinski definition) is 0. The number of hydrogen-bond acceptors (Lipinski definition) is 2. The van der Waals surface area contributed by atoms with Crippen LogP contribution in [0.3, 0.4) is 0 Å². The zero-order chi connectivity index (χ0) is 12.2. The van der Waals surface area contributed by atoms with Crippen molar-refractivity contribution in [3.8, 4) is 0 Å². The van der Waals surface area contributed by atoms with Crippen molar-refractivity contribution in [2.75, 3.05) is 14.1 Å². The number of carbonyl (C=O) groups is 1. The van der Waals surface area contributed by atoms with Gasteiger partial charge in [0.1, 0.15) is 0 Å². The van der Waals surface area contributed by atoms with Crippen LogP contribution in [0.5, 0.6) is 0 Å². The van der Waals surface area contributed by atoms with Crippen LogP contribution in [0, 0.1) is 23.2 Å². The zero-order valence-corrected chi connectivity index (χ0v) is 12.5. The van der Waals surface area contributed by atoms with Crippen LogP contribution in [-0.2, 0) is 4.79 Å². The Balaban J connectivity index is 0.00000120. The van der Waals surface area contributed by atoms with Crippen molar-refractivity contribution in [3.05, 3.63) is 0 Å². The van der Waals surface area contributed by atoms with Gasteiger partial charge in [0.15, 0.2) is 5.78 Å². The van der Waals surface area contributed by atoms with Gasteiger partial charge in [0.05, 0.1) is 6.04 Å². The number of nitrogens with zero attached hydrogens (tertiary/aromatic N) is 1. The largest absolute Gasteiger partial charge is 1.00 e. The standard InChI is InChI=1S/C15H25NO.ClH/c1-10(16(2)3)14(17)15-7-11-4-12(8-15)6-13(5-11)9-15;/h10-13H,4-9H2,1-3H3;1H/p-1. The lowest BCUT2D eigenvalue weighted by Crippen LogP contribution is -3.00. The van der Waals surface area contributed by atoms with Crippen LogP contribution in [-0.4, -0.2) is 30.8 Å². The van der Waals surface area contributed by atoms with Gasteiger partial charge in [-0.3, -0.25) is 9.69 Å². The molecule has 0 N–H and O–H groups in total. The fourth-order valence-corrected chi connectivity index (χ4v) is 5.09. The number of likely N-dealkylation sites (N-methyl/N-ethyl adjacent to an activating group) is 1. The Morgan fingerprint density at radius 2 is 1.44 bits per heavy atom. The molecule has 0 aromatic rings. The number of Topliss-reactive ketones (excluding diaryl/α,β-unsaturated/α-hetero) is 1. The third kappa shape index (κ3) is 2.12. The van der Waals surface area contributed by atoms with E-state index in [0.717, 1.165) is 17.8 Å². The minimum absolute atomic E-state index is 0. The minimum atomic E-state index is 0. The summed E-state index contributed by atoms with van der Waals surface area (Å²) in [7, 11) is 4.06. The van der Waals surface area contributed by atoms with E-state index in [9.17, 15) is 4.79 Å². The molecule has 0 amide bonds. The highest BCUT2D eigenvalue weighted by Crippen LogP contribution is 2.60. The quantitative estimate of drug-likeness (QED) is 0.704. The van der Waals surface area contributed by atoms with Crippen LogP contribution in [0.1, 0.15) is 45.4 Å². The summed E-state index contributed by atoms with van der Waals surface area (Å²) in [5.74, 6) is 3.17. The molecule has 4 saturated carbocycles. The lowest BCUT2D eigenvalue weighted by Gasteiger charge is -2.56. The maximum atomic E-state index is 12.8. The van der Waals surface area contributed by atoms with Gasteiger partial charge in [-0.05, 0) is 77.3 Å². The van der Waals surface area contributed by atoms with Crippen molar-refractivity contribution in [2.45, 2.75) is 51.5 Å². The number of ketones is 1. The first-order valence-electron chi connectivity index (χ1n) is 7.21. The van der Waals surface area contributed by atoms with Crippen LogP contribution < -0.4 is 12.4 Å². The topological polar surface area (TPSA) is 20.3 Å². The van der Waals surface area contributed by atoms with Gasteiger partial charge < -0.3 is 12.4 Å². The summed E-state index contributed by atoms with van der Waals surface area (Å²) in [6.45, 7) is 2.08. The smallest absolute Gasteiger partial charge is 0.155 e. The molecule has 18 heavy (non-hydrogen) atoms. The molecule has 4 fully saturated rings. The normalized spacial score (nSPS) is 42.8. The van der Waals surface area contributed by atoms with E-state index in [1.807, 2.05) is 14.1 Å². The lowest BCUT2D eigenvalue weighted by molar-refractivity contribution is -0.148. The molecule has 0 radical (unpaired) electrons. The van der Waals surface area contributed by atoms with E-state index in [4.69, 9.17) is 0 Å². The molecule has 4 aliphatic rings. The molecule has 4 rings (SSSR count). The van der Waals surface area contributed by atoms with Crippen molar-refractivity contribution >= 4 is 5.78 Å². The van der Waals surface area contributed by atoms with Crippen LogP contribution in [0.2, 0.25) is 0 Å². The molecule has 0 aromatic heterocycles. The van der Waals surface area contributed by atoms with Gasteiger partial charge in [-0.2, -0.15) is 0 Å². The van der Waals surface area contributed by atoms with Crippen LogP contribution in [0.25, 0.3) is 0 Å². The third-order valence-corrected chi connectivity index (χ3v) is 5.71. The van der Waals surface area contributed by atoms with Gasteiger partial charge in [-0.1, -0.05) is 0 Å². The predicted molar refractivity (Wildman–Crippen MR) is 68.8 cm³/mol. The van der Waals surface area contributed by atoms with Crippen LogP contribution in [0.15, 0.2) is 0 Å². The molecule has 104 valence electrons. The molecule has 1 unspecified atom stereocenters. The van der Waals surface area contributed by atoms with E-state index < -0.39 is 0 Å². The molecular weight excluding hydrogens is 246 g/mol. The van der Waals surface area contributed by atoms with Crippen molar-refractivity contribution < 1.29 is 17.2 Å². The second-order valence-corrected chi connectivity index (χ2v) is 7.20. The van der Waals surface area contributed by atoms with Gasteiger partial charge in [0.25, 0.3) is 0 Å². The highest BCUT2D eigenvalue weighted by atomic mass is 35.5. The average Bonchev–Trinajstić information content (AvgIpc) is 2.25. The maximum Gasteiger partial charge on any atom is 0.155 e. The summed E-state index contributed by atoms with van der Waals surface area (Å²) < 4.78 is 0. The Kier molecular flexibility index (Phi) is 3.81. The Labute approximate surface area is 117 Å². The highest BCUT2D eigenvalue weighted by Gasteiger charge is 2.55. The first-order chi connectivity index (χ1) is 8.00. The van der Waals surface area contributed by atoms with E-state index >= 15 is 0 Å². The first-order valence-corrected chi connectivity index (χ1v) is 7.21. The summed E-state index contributed by atoms with van der Waals surface area (Å²) >= 11 is 0. The Morgan fingerprint density at radius 3 is 1.78 bits per heavy atom. The summed E-state index contributed by atoms with van der Waals surface area (Å²) in [6, 6.07) is 0.103. The number of rotatable bonds is 3. The number of carbonyl (C=O) groups excluding carboxylic acids is 1. The Bertz CT molecular complexity index is 304. The molecule has 1 atom stereocenters. The fraction of sp³-hybridized carbons (Fsp3) is 0.933. The van der Waals surface area contributed by atoms with Gasteiger partial charge >= 0.3 is 0 Å². The highest BCUT2D eigenvalue weighted by molar-refractivity contribution is 5.89. The third-order valence-electron chi connectivity index (χ3n) is 5.71. The van der Waals surface area contributed by atoms with Crippen LogP contribution in [0.4, 0.5) is 0 Å². The predicted octanol–water partition coefficient (Wildman–Crippen LogP) is -0.274. The summed E-state index contributed by atoms with van der Waals surface area (Å²) in [5, 5.41) is 0. The molecule has 4 aliphatic carbocycles. The van der Waals surface area contributed by atoms with E-state index in [0.29, 0.717) is 5.78 Å². The molecule has 0 aliphatic heterocycles. The van der Waals surface area contributed by atoms with Crippen molar-refractivity contribution in [1.82, 2.24) is 4.90 Å². The summed E-state index contributed by atoms with van der Waals surface area (Å²) in [4.78, 5) is 14.9. The molecule has 0 heterocycles. The van der Waals surface area contributed by atoms with Crippen LogP contribution >= 0.6 is 0 Å². The fourth-order valence-electron chi connectivity index (χ4n) is 5.09. The first kappa shape index (κ1) is 14.3. The van der Waals surface area contributed by atoms with E-state index in [-0.39, 0.29) is 23.9 Å².